The van der Waals surface area contributed by atoms with Crippen LogP contribution >= 0.6 is 0 Å². The molecule has 16 heavy (non-hydrogen) atoms. The molecule has 0 bridgehead atoms. The van der Waals surface area contributed by atoms with Gasteiger partial charge in [0, 0.05) is 18.8 Å². The number of nitrogens with zero attached hydrogens (tertiary/aromatic N) is 1. The Morgan fingerprint density at radius 2 is 2.19 bits per heavy atom. The first-order valence-corrected chi connectivity index (χ1v) is 5.56. The van der Waals surface area contributed by atoms with Gasteiger partial charge in [-0.15, -0.1) is 0 Å². The summed E-state index contributed by atoms with van der Waals surface area (Å²) < 4.78 is 10.9. The third kappa shape index (κ3) is 5.09. The van der Waals surface area contributed by atoms with Crippen molar-refractivity contribution in [3.05, 3.63) is 24.0 Å². The Balaban J connectivity index is 2.33. The smallest absolute Gasteiger partial charge is 0.122 e. The van der Waals surface area contributed by atoms with Crippen molar-refractivity contribution in [1.82, 2.24) is 10.3 Å². The summed E-state index contributed by atoms with van der Waals surface area (Å²) in [6.07, 6.45) is 2.01. The highest BCUT2D eigenvalue weighted by molar-refractivity contribution is 5.22. The highest BCUT2D eigenvalue weighted by atomic mass is 16.5. The van der Waals surface area contributed by atoms with Gasteiger partial charge in [0.25, 0.3) is 0 Å². The quantitative estimate of drug-likeness (QED) is 0.714. The third-order valence-electron chi connectivity index (χ3n) is 1.95. The molecule has 0 atom stereocenters. The number of aromatic nitrogens is 1. The van der Waals surface area contributed by atoms with E-state index in [1.807, 2.05) is 33.0 Å². The summed E-state index contributed by atoms with van der Waals surface area (Å²) in [6.45, 7) is 5.96. The highest BCUT2D eigenvalue weighted by Gasteiger charge is 1.98. The molecule has 1 aromatic rings. The Kier molecular flexibility index (Phi) is 5.82. The summed E-state index contributed by atoms with van der Waals surface area (Å²) >= 11 is 0. The van der Waals surface area contributed by atoms with Crippen LogP contribution in [0.25, 0.3) is 0 Å². The number of hydrogen-bond donors (Lipinski definition) is 1. The molecule has 0 saturated heterocycles. The fourth-order valence-corrected chi connectivity index (χ4v) is 1.27. The van der Waals surface area contributed by atoms with Crippen LogP contribution in [0.5, 0.6) is 5.75 Å². The number of nitrogens with one attached hydrogen (secondary N) is 1. The fourth-order valence-electron chi connectivity index (χ4n) is 1.27. The van der Waals surface area contributed by atoms with Crippen LogP contribution in [0.1, 0.15) is 19.5 Å². The Labute approximate surface area is 97.0 Å². The van der Waals surface area contributed by atoms with E-state index >= 15 is 0 Å². The summed E-state index contributed by atoms with van der Waals surface area (Å²) in [6, 6.07) is 3.79. The van der Waals surface area contributed by atoms with E-state index in [1.165, 1.54) is 0 Å². The number of rotatable bonds is 7. The van der Waals surface area contributed by atoms with Gasteiger partial charge in [-0.2, -0.15) is 0 Å². The second-order valence-electron chi connectivity index (χ2n) is 3.78. The lowest BCUT2D eigenvalue weighted by molar-refractivity contribution is 0.0552. The average Bonchev–Trinajstić information content (AvgIpc) is 2.25. The maximum absolute atomic E-state index is 5.55. The summed E-state index contributed by atoms with van der Waals surface area (Å²) in [5.41, 5.74) is 0.977. The molecule has 0 aromatic carbocycles. The first-order chi connectivity index (χ1) is 7.72. The van der Waals surface area contributed by atoms with E-state index in [-0.39, 0.29) is 6.10 Å². The van der Waals surface area contributed by atoms with E-state index in [9.17, 15) is 0 Å². The molecule has 0 radical (unpaired) electrons. The van der Waals surface area contributed by atoms with Gasteiger partial charge in [-0.3, -0.25) is 4.98 Å². The average molecular weight is 224 g/mol. The van der Waals surface area contributed by atoms with Gasteiger partial charge in [-0.1, -0.05) is 0 Å². The van der Waals surface area contributed by atoms with E-state index in [1.54, 1.807) is 6.20 Å². The van der Waals surface area contributed by atoms with Crippen molar-refractivity contribution in [1.29, 1.82) is 0 Å². The molecule has 0 amide bonds. The van der Waals surface area contributed by atoms with E-state index in [4.69, 9.17) is 9.47 Å². The van der Waals surface area contributed by atoms with Gasteiger partial charge in [0.15, 0.2) is 0 Å². The van der Waals surface area contributed by atoms with Crippen LogP contribution in [0.2, 0.25) is 0 Å². The van der Waals surface area contributed by atoms with E-state index < -0.39 is 0 Å². The predicted octanol–water partition coefficient (Wildman–Crippen LogP) is 1.60. The number of pyridine rings is 1. The standard InChI is InChI=1S/C12H20N2O2/c1-10(2)15-6-7-16-12-4-5-14-11(8-12)9-13-3/h4-5,8,10,13H,6-7,9H2,1-3H3. The molecule has 0 aliphatic carbocycles. The predicted molar refractivity (Wildman–Crippen MR) is 63.6 cm³/mol. The normalized spacial score (nSPS) is 10.8. The topological polar surface area (TPSA) is 43.4 Å². The van der Waals surface area contributed by atoms with Gasteiger partial charge < -0.3 is 14.8 Å². The summed E-state index contributed by atoms with van der Waals surface area (Å²) in [5, 5.41) is 3.05. The minimum absolute atomic E-state index is 0.251. The molecule has 1 N–H and O–H groups in total. The SMILES string of the molecule is CNCc1cc(OCCOC(C)C)ccn1. The van der Waals surface area contributed by atoms with Crippen molar-refractivity contribution in [2.75, 3.05) is 20.3 Å². The van der Waals surface area contributed by atoms with Crippen LogP contribution in [0, 0.1) is 0 Å². The van der Waals surface area contributed by atoms with Crippen molar-refractivity contribution < 1.29 is 9.47 Å². The zero-order valence-corrected chi connectivity index (χ0v) is 10.2. The lowest BCUT2D eigenvalue weighted by Gasteiger charge is -2.09. The second kappa shape index (κ2) is 7.19. The Hall–Kier alpha value is -1.13. The van der Waals surface area contributed by atoms with E-state index in [0.717, 1.165) is 18.0 Å². The monoisotopic (exact) mass is 224 g/mol. The number of ether oxygens (including phenoxy) is 2. The van der Waals surface area contributed by atoms with Crippen molar-refractivity contribution in [2.45, 2.75) is 26.5 Å². The molecule has 0 unspecified atom stereocenters. The molecule has 1 heterocycles. The van der Waals surface area contributed by atoms with Crippen LogP contribution < -0.4 is 10.1 Å². The minimum Gasteiger partial charge on any atom is -0.491 e. The van der Waals surface area contributed by atoms with E-state index in [2.05, 4.69) is 10.3 Å². The molecule has 0 spiro atoms. The number of hydrogen-bond acceptors (Lipinski definition) is 4. The molecule has 0 saturated carbocycles. The Morgan fingerprint density at radius 1 is 1.38 bits per heavy atom. The largest absolute Gasteiger partial charge is 0.491 e. The van der Waals surface area contributed by atoms with Crippen LogP contribution in [0.15, 0.2) is 18.3 Å². The van der Waals surface area contributed by atoms with E-state index in [0.29, 0.717) is 13.2 Å². The Bertz CT molecular complexity index is 303. The lowest BCUT2D eigenvalue weighted by atomic mass is 10.3. The van der Waals surface area contributed by atoms with Crippen LogP contribution in [0.4, 0.5) is 0 Å². The van der Waals surface area contributed by atoms with Crippen molar-refractivity contribution in [2.24, 2.45) is 0 Å². The Morgan fingerprint density at radius 3 is 2.88 bits per heavy atom. The summed E-state index contributed by atoms with van der Waals surface area (Å²) in [4.78, 5) is 4.21. The first-order valence-electron chi connectivity index (χ1n) is 5.56. The molecule has 90 valence electrons. The van der Waals surface area contributed by atoms with Crippen molar-refractivity contribution >= 4 is 0 Å². The van der Waals surface area contributed by atoms with Gasteiger partial charge in [0.2, 0.25) is 0 Å². The van der Waals surface area contributed by atoms with Gasteiger partial charge in [-0.05, 0) is 27.0 Å². The van der Waals surface area contributed by atoms with Crippen LogP contribution in [-0.4, -0.2) is 31.3 Å². The maximum Gasteiger partial charge on any atom is 0.122 e. The lowest BCUT2D eigenvalue weighted by Crippen LogP contribution is -2.12. The van der Waals surface area contributed by atoms with Crippen molar-refractivity contribution in [3.63, 3.8) is 0 Å². The molecule has 4 heteroatoms. The zero-order chi connectivity index (χ0) is 11.8. The van der Waals surface area contributed by atoms with Gasteiger partial charge >= 0.3 is 0 Å². The molecular formula is C12H20N2O2. The van der Waals surface area contributed by atoms with Gasteiger partial charge in [0.1, 0.15) is 12.4 Å². The van der Waals surface area contributed by atoms with Crippen LogP contribution in [0.3, 0.4) is 0 Å². The summed E-state index contributed by atoms with van der Waals surface area (Å²) in [7, 11) is 1.89. The fraction of sp³-hybridized carbons (Fsp3) is 0.583. The summed E-state index contributed by atoms with van der Waals surface area (Å²) in [5.74, 6) is 0.840. The van der Waals surface area contributed by atoms with Gasteiger partial charge in [0.05, 0.1) is 18.4 Å². The van der Waals surface area contributed by atoms with Crippen molar-refractivity contribution in [3.8, 4) is 5.75 Å². The molecule has 0 fully saturated rings. The minimum atomic E-state index is 0.251. The molecule has 1 rings (SSSR count). The van der Waals surface area contributed by atoms with Crippen LogP contribution in [-0.2, 0) is 11.3 Å². The molecule has 4 nitrogen and oxygen atoms in total. The molecule has 1 aromatic heterocycles. The van der Waals surface area contributed by atoms with Gasteiger partial charge in [-0.25, -0.2) is 0 Å². The third-order valence-corrected chi connectivity index (χ3v) is 1.95. The maximum atomic E-state index is 5.55. The molecule has 0 aliphatic heterocycles. The second-order valence-corrected chi connectivity index (χ2v) is 3.78. The molecule has 0 aliphatic rings. The first kappa shape index (κ1) is 12.9. The molecular weight excluding hydrogens is 204 g/mol. The highest BCUT2D eigenvalue weighted by Crippen LogP contribution is 2.10. The zero-order valence-electron chi connectivity index (χ0n) is 10.2.